The third-order valence-corrected chi connectivity index (χ3v) is 3.57. The largest absolute Gasteiger partial charge is 0.474 e. The molecule has 1 fully saturated rings. The van der Waals surface area contributed by atoms with E-state index in [0.717, 1.165) is 31.4 Å². The average Bonchev–Trinajstić information content (AvgIpc) is 2.47. The lowest BCUT2D eigenvalue weighted by molar-refractivity contribution is 0.0194. The smallest absolute Gasteiger partial charge is 0.225 e. The minimum Gasteiger partial charge on any atom is -0.474 e. The van der Waals surface area contributed by atoms with Crippen molar-refractivity contribution in [3.05, 3.63) is 23.4 Å². The number of aromatic nitrogens is 1. The van der Waals surface area contributed by atoms with Gasteiger partial charge >= 0.3 is 0 Å². The Hall–Kier alpha value is -1.82. The fourth-order valence-electron chi connectivity index (χ4n) is 2.45. The second-order valence-corrected chi connectivity index (χ2v) is 5.05. The highest BCUT2D eigenvalue weighted by molar-refractivity contribution is 5.99. The lowest BCUT2D eigenvalue weighted by atomic mass is 9.95. The highest BCUT2D eigenvalue weighted by atomic mass is 16.5. The van der Waals surface area contributed by atoms with Crippen molar-refractivity contribution in [1.82, 2.24) is 4.98 Å². The molecule has 0 saturated heterocycles. The van der Waals surface area contributed by atoms with Crippen molar-refractivity contribution in [2.75, 3.05) is 7.11 Å². The molecule has 0 spiro atoms. The van der Waals surface area contributed by atoms with Gasteiger partial charge in [-0.2, -0.15) is 0 Å². The molecule has 20 heavy (non-hydrogen) atoms. The molecule has 0 aromatic carbocycles. The Morgan fingerprint density at radius 2 is 2.15 bits per heavy atom. The van der Waals surface area contributed by atoms with Gasteiger partial charge in [-0.15, -0.1) is 0 Å². The molecule has 0 bridgehead atoms. The highest BCUT2D eigenvalue weighted by Gasteiger charge is 2.24. The number of methoxy groups -OCH3 is 1. The van der Waals surface area contributed by atoms with Crippen molar-refractivity contribution in [3.8, 4) is 5.88 Å². The molecule has 1 aliphatic rings. The number of aryl methyl sites for hydroxylation is 1. The van der Waals surface area contributed by atoms with E-state index in [2.05, 4.69) is 10.1 Å². The fraction of sp³-hybridized carbons (Fsp3) is 0.571. The third kappa shape index (κ3) is 3.39. The summed E-state index contributed by atoms with van der Waals surface area (Å²) in [5, 5.41) is 11.9. The maximum atomic E-state index is 8.83. The van der Waals surface area contributed by atoms with Crippen LogP contribution in [0.15, 0.2) is 17.3 Å². The number of amidine groups is 1. The first-order valence-corrected chi connectivity index (χ1v) is 6.79. The number of nitrogens with zero attached hydrogens (tertiary/aromatic N) is 2. The van der Waals surface area contributed by atoms with Gasteiger partial charge in [-0.05, 0) is 38.3 Å². The third-order valence-electron chi connectivity index (χ3n) is 3.57. The van der Waals surface area contributed by atoms with Gasteiger partial charge in [0.1, 0.15) is 6.10 Å². The molecular weight excluding hydrogens is 258 g/mol. The zero-order chi connectivity index (χ0) is 14.5. The molecule has 6 heteroatoms. The molecular formula is C14H21N3O3. The Morgan fingerprint density at radius 1 is 1.40 bits per heavy atom. The van der Waals surface area contributed by atoms with Crippen LogP contribution >= 0.6 is 0 Å². The van der Waals surface area contributed by atoms with Crippen LogP contribution in [-0.2, 0) is 4.74 Å². The van der Waals surface area contributed by atoms with Gasteiger partial charge in [-0.3, -0.25) is 0 Å². The Kier molecular flexibility index (Phi) is 4.79. The molecule has 110 valence electrons. The van der Waals surface area contributed by atoms with Crippen molar-refractivity contribution < 1.29 is 14.7 Å². The van der Waals surface area contributed by atoms with Crippen molar-refractivity contribution in [1.29, 1.82) is 0 Å². The summed E-state index contributed by atoms with van der Waals surface area (Å²) in [6, 6.07) is 3.56. The zero-order valence-electron chi connectivity index (χ0n) is 11.9. The van der Waals surface area contributed by atoms with Crippen LogP contribution in [0.4, 0.5) is 0 Å². The van der Waals surface area contributed by atoms with E-state index >= 15 is 0 Å². The SMILES string of the molecule is COC1CCCC(Oc2nc(C)ccc2C(N)=NO)C1. The highest BCUT2D eigenvalue weighted by Crippen LogP contribution is 2.26. The lowest BCUT2D eigenvalue weighted by Crippen LogP contribution is -2.30. The molecule has 0 amide bonds. The van der Waals surface area contributed by atoms with Crippen LogP contribution in [0, 0.1) is 6.92 Å². The molecule has 0 radical (unpaired) electrons. The van der Waals surface area contributed by atoms with Crippen LogP contribution < -0.4 is 10.5 Å². The number of hydrogen-bond donors (Lipinski definition) is 2. The van der Waals surface area contributed by atoms with Crippen LogP contribution in [0.25, 0.3) is 0 Å². The minimum atomic E-state index is 0.00611. The molecule has 2 rings (SSSR count). The summed E-state index contributed by atoms with van der Waals surface area (Å²) in [5.74, 6) is 0.425. The second kappa shape index (κ2) is 6.56. The average molecular weight is 279 g/mol. The van der Waals surface area contributed by atoms with E-state index in [4.69, 9.17) is 20.4 Å². The molecule has 3 N–H and O–H groups in total. The number of oxime groups is 1. The summed E-state index contributed by atoms with van der Waals surface area (Å²) in [6.07, 6.45) is 4.20. The molecule has 0 aliphatic heterocycles. The van der Waals surface area contributed by atoms with Crippen molar-refractivity contribution in [3.63, 3.8) is 0 Å². The molecule has 2 unspecified atom stereocenters. The maximum absolute atomic E-state index is 8.83. The number of pyridine rings is 1. The topological polar surface area (TPSA) is 90.0 Å². The quantitative estimate of drug-likeness (QED) is 0.380. The zero-order valence-corrected chi connectivity index (χ0v) is 11.9. The Labute approximate surface area is 118 Å². The predicted molar refractivity (Wildman–Crippen MR) is 75.2 cm³/mol. The molecule has 1 aromatic rings. The summed E-state index contributed by atoms with van der Waals surface area (Å²) < 4.78 is 11.4. The summed E-state index contributed by atoms with van der Waals surface area (Å²) in [4.78, 5) is 4.35. The summed E-state index contributed by atoms with van der Waals surface area (Å²) in [5.41, 5.74) is 7.00. The molecule has 1 aliphatic carbocycles. The molecule has 1 saturated carbocycles. The van der Waals surface area contributed by atoms with Crippen LogP contribution in [0.5, 0.6) is 5.88 Å². The first-order chi connectivity index (χ1) is 9.63. The second-order valence-electron chi connectivity index (χ2n) is 5.05. The van der Waals surface area contributed by atoms with Gasteiger partial charge in [0, 0.05) is 19.2 Å². The van der Waals surface area contributed by atoms with Crippen molar-refractivity contribution >= 4 is 5.84 Å². The number of hydrogen-bond acceptors (Lipinski definition) is 5. The minimum absolute atomic E-state index is 0.00611. The van der Waals surface area contributed by atoms with Gasteiger partial charge in [-0.1, -0.05) is 5.16 Å². The normalized spacial score (nSPS) is 23.6. The van der Waals surface area contributed by atoms with Gasteiger partial charge in [0.2, 0.25) is 5.88 Å². The van der Waals surface area contributed by atoms with E-state index in [1.807, 2.05) is 6.92 Å². The molecule has 6 nitrogen and oxygen atoms in total. The number of ether oxygens (including phenoxy) is 2. The van der Waals surface area contributed by atoms with Crippen LogP contribution in [-0.4, -0.2) is 35.3 Å². The van der Waals surface area contributed by atoms with E-state index in [9.17, 15) is 0 Å². The fourth-order valence-corrected chi connectivity index (χ4v) is 2.45. The van der Waals surface area contributed by atoms with E-state index < -0.39 is 0 Å². The van der Waals surface area contributed by atoms with Crippen molar-refractivity contribution in [2.24, 2.45) is 10.9 Å². The molecule has 1 heterocycles. The first kappa shape index (κ1) is 14.6. The Balaban J connectivity index is 2.17. The van der Waals surface area contributed by atoms with Crippen LogP contribution in [0.3, 0.4) is 0 Å². The van der Waals surface area contributed by atoms with E-state index in [1.54, 1.807) is 19.2 Å². The van der Waals surface area contributed by atoms with E-state index in [1.165, 1.54) is 0 Å². The Morgan fingerprint density at radius 3 is 2.85 bits per heavy atom. The van der Waals surface area contributed by atoms with Gasteiger partial charge in [-0.25, -0.2) is 4.98 Å². The van der Waals surface area contributed by atoms with Crippen molar-refractivity contribution in [2.45, 2.75) is 44.8 Å². The van der Waals surface area contributed by atoms with Gasteiger partial charge < -0.3 is 20.4 Å². The van der Waals surface area contributed by atoms with Gasteiger partial charge in [0.05, 0.1) is 11.7 Å². The lowest BCUT2D eigenvalue weighted by Gasteiger charge is -2.28. The Bertz CT molecular complexity index is 491. The maximum Gasteiger partial charge on any atom is 0.225 e. The molecule has 2 atom stereocenters. The summed E-state index contributed by atoms with van der Waals surface area (Å²) >= 11 is 0. The number of rotatable bonds is 4. The molecule has 1 aromatic heterocycles. The summed E-state index contributed by atoms with van der Waals surface area (Å²) in [7, 11) is 1.72. The van der Waals surface area contributed by atoms with E-state index in [-0.39, 0.29) is 18.0 Å². The van der Waals surface area contributed by atoms with Gasteiger partial charge in [0.25, 0.3) is 0 Å². The van der Waals surface area contributed by atoms with Crippen LogP contribution in [0.1, 0.15) is 36.9 Å². The van der Waals surface area contributed by atoms with Gasteiger partial charge in [0.15, 0.2) is 5.84 Å². The van der Waals surface area contributed by atoms with E-state index in [0.29, 0.717) is 11.4 Å². The number of nitrogens with two attached hydrogens (primary N) is 1. The summed E-state index contributed by atoms with van der Waals surface area (Å²) in [6.45, 7) is 1.88. The monoisotopic (exact) mass is 279 g/mol. The first-order valence-electron chi connectivity index (χ1n) is 6.79. The standard InChI is InChI=1S/C14H21N3O3/c1-9-6-7-12(13(15)17-18)14(16-9)20-11-5-3-4-10(8-11)19-2/h6-7,10-11,18H,3-5,8H2,1-2H3,(H2,15,17). The van der Waals surface area contributed by atoms with Crippen LogP contribution in [0.2, 0.25) is 0 Å². The predicted octanol–water partition coefficient (Wildman–Crippen LogP) is 1.82.